The van der Waals surface area contributed by atoms with Crippen LogP contribution in [0.25, 0.3) is 11.3 Å². The Bertz CT molecular complexity index is 375. The normalized spacial score (nSPS) is 10.0. The van der Waals surface area contributed by atoms with E-state index in [-0.39, 0.29) is 0 Å². The maximum atomic E-state index is 10.4. The molecule has 1 N–H and O–H groups in total. The first kappa shape index (κ1) is 7.31. The van der Waals surface area contributed by atoms with E-state index in [1.165, 1.54) is 0 Å². The van der Waals surface area contributed by atoms with Crippen LogP contribution in [0.4, 0.5) is 0 Å². The van der Waals surface area contributed by atoms with Gasteiger partial charge in [0.05, 0.1) is 5.69 Å². The second kappa shape index (κ2) is 2.95. The topological polar surface area (TPSA) is 32.9 Å². The van der Waals surface area contributed by atoms with Crippen LogP contribution in [0.5, 0.6) is 0 Å². The van der Waals surface area contributed by atoms with Crippen LogP contribution in [0.1, 0.15) is 10.5 Å². The molecule has 2 aromatic heterocycles. The highest BCUT2D eigenvalue weighted by Gasteiger charge is 1.99. The van der Waals surface area contributed by atoms with E-state index >= 15 is 0 Å². The highest BCUT2D eigenvalue weighted by atomic mass is 32.1. The third-order valence-electron chi connectivity index (χ3n) is 1.67. The summed E-state index contributed by atoms with van der Waals surface area (Å²) in [5, 5.41) is 4.05. The van der Waals surface area contributed by atoms with Crippen molar-refractivity contribution in [2.45, 2.75) is 0 Å². The average molecular weight is 177 g/mol. The number of thiophene rings is 1. The fourth-order valence-corrected chi connectivity index (χ4v) is 1.72. The van der Waals surface area contributed by atoms with E-state index in [4.69, 9.17) is 0 Å². The molecule has 2 rings (SSSR count). The molecule has 60 valence electrons. The van der Waals surface area contributed by atoms with Crippen molar-refractivity contribution < 1.29 is 4.79 Å². The molecular formula is C9H7NOS. The molecule has 0 bridgehead atoms. The van der Waals surface area contributed by atoms with Crippen molar-refractivity contribution in [3.8, 4) is 11.3 Å². The number of carbonyl (C=O) groups excluding carboxylic acids is 1. The van der Waals surface area contributed by atoms with Crippen LogP contribution in [0, 0.1) is 0 Å². The SMILES string of the molecule is O=Cc1ccc(-c2ccsc2)[nH]1. The first-order valence-corrected chi connectivity index (χ1v) is 4.51. The van der Waals surface area contributed by atoms with Gasteiger partial charge in [-0.15, -0.1) is 0 Å². The van der Waals surface area contributed by atoms with Crippen molar-refractivity contribution in [3.05, 3.63) is 34.7 Å². The van der Waals surface area contributed by atoms with Crippen molar-refractivity contribution >= 4 is 17.6 Å². The van der Waals surface area contributed by atoms with Gasteiger partial charge in [-0.25, -0.2) is 0 Å². The van der Waals surface area contributed by atoms with Crippen molar-refractivity contribution in [2.24, 2.45) is 0 Å². The second-order valence-electron chi connectivity index (χ2n) is 2.46. The number of aromatic nitrogens is 1. The summed E-state index contributed by atoms with van der Waals surface area (Å²) in [6, 6.07) is 5.71. The summed E-state index contributed by atoms with van der Waals surface area (Å²) >= 11 is 1.64. The van der Waals surface area contributed by atoms with Crippen molar-refractivity contribution in [1.82, 2.24) is 4.98 Å². The summed E-state index contributed by atoms with van der Waals surface area (Å²) in [6.45, 7) is 0. The molecule has 0 saturated heterocycles. The monoisotopic (exact) mass is 177 g/mol. The molecule has 0 atom stereocenters. The van der Waals surface area contributed by atoms with E-state index in [0.29, 0.717) is 5.69 Å². The van der Waals surface area contributed by atoms with Gasteiger partial charge in [0.25, 0.3) is 0 Å². The number of carbonyl (C=O) groups is 1. The lowest BCUT2D eigenvalue weighted by atomic mass is 10.2. The third kappa shape index (κ3) is 1.19. The van der Waals surface area contributed by atoms with Crippen LogP contribution >= 0.6 is 11.3 Å². The van der Waals surface area contributed by atoms with Gasteiger partial charge < -0.3 is 4.98 Å². The summed E-state index contributed by atoms with van der Waals surface area (Å²) < 4.78 is 0. The fourth-order valence-electron chi connectivity index (χ4n) is 1.07. The molecule has 0 aliphatic heterocycles. The molecule has 0 saturated carbocycles. The molecule has 0 amide bonds. The molecule has 2 aromatic rings. The maximum absolute atomic E-state index is 10.4. The largest absolute Gasteiger partial charge is 0.352 e. The number of hydrogen-bond acceptors (Lipinski definition) is 2. The molecule has 2 heterocycles. The summed E-state index contributed by atoms with van der Waals surface area (Å²) in [5.41, 5.74) is 2.75. The average Bonchev–Trinajstić information content (AvgIpc) is 2.75. The lowest BCUT2D eigenvalue weighted by Gasteiger charge is -1.88. The molecular weight excluding hydrogens is 170 g/mol. The maximum Gasteiger partial charge on any atom is 0.166 e. The van der Waals surface area contributed by atoms with Gasteiger partial charge in [-0.3, -0.25) is 4.79 Å². The van der Waals surface area contributed by atoms with Gasteiger partial charge in [0.2, 0.25) is 0 Å². The molecule has 0 radical (unpaired) electrons. The van der Waals surface area contributed by atoms with Crippen LogP contribution in [-0.2, 0) is 0 Å². The molecule has 0 fully saturated rings. The molecule has 0 spiro atoms. The second-order valence-corrected chi connectivity index (χ2v) is 3.24. The van der Waals surface area contributed by atoms with E-state index < -0.39 is 0 Å². The van der Waals surface area contributed by atoms with E-state index in [2.05, 4.69) is 4.98 Å². The Morgan fingerprint density at radius 3 is 2.83 bits per heavy atom. The Kier molecular flexibility index (Phi) is 1.80. The summed E-state index contributed by atoms with van der Waals surface area (Å²) in [7, 11) is 0. The first-order valence-electron chi connectivity index (χ1n) is 3.57. The molecule has 12 heavy (non-hydrogen) atoms. The van der Waals surface area contributed by atoms with E-state index in [0.717, 1.165) is 17.5 Å². The minimum absolute atomic E-state index is 0.621. The fraction of sp³-hybridized carbons (Fsp3) is 0. The minimum atomic E-state index is 0.621. The number of hydrogen-bond donors (Lipinski definition) is 1. The molecule has 0 aromatic carbocycles. The molecule has 0 aliphatic carbocycles. The zero-order valence-electron chi connectivity index (χ0n) is 6.28. The van der Waals surface area contributed by atoms with E-state index in [1.54, 1.807) is 17.4 Å². The number of aromatic amines is 1. The van der Waals surface area contributed by atoms with Crippen LogP contribution in [-0.4, -0.2) is 11.3 Å². The predicted molar refractivity (Wildman–Crippen MR) is 49.5 cm³/mol. The van der Waals surface area contributed by atoms with Gasteiger partial charge in [0, 0.05) is 16.6 Å². The van der Waals surface area contributed by atoms with Gasteiger partial charge in [0.1, 0.15) is 0 Å². The molecule has 2 nitrogen and oxygen atoms in total. The molecule has 0 aliphatic rings. The Labute approximate surface area is 73.9 Å². The summed E-state index contributed by atoms with van der Waals surface area (Å²) in [4.78, 5) is 13.4. The van der Waals surface area contributed by atoms with Crippen LogP contribution in [0.2, 0.25) is 0 Å². The zero-order chi connectivity index (χ0) is 8.39. The van der Waals surface area contributed by atoms with Crippen molar-refractivity contribution in [3.63, 3.8) is 0 Å². The highest BCUT2D eigenvalue weighted by Crippen LogP contribution is 2.20. The minimum Gasteiger partial charge on any atom is -0.352 e. The van der Waals surface area contributed by atoms with Crippen LogP contribution in [0.15, 0.2) is 29.0 Å². The number of aldehydes is 1. The van der Waals surface area contributed by atoms with Crippen molar-refractivity contribution in [1.29, 1.82) is 0 Å². The smallest absolute Gasteiger partial charge is 0.166 e. The van der Waals surface area contributed by atoms with Crippen LogP contribution in [0.3, 0.4) is 0 Å². The number of nitrogens with one attached hydrogen (secondary N) is 1. The van der Waals surface area contributed by atoms with Gasteiger partial charge in [-0.2, -0.15) is 11.3 Å². The third-order valence-corrected chi connectivity index (χ3v) is 2.35. The standard InChI is InChI=1S/C9H7NOS/c11-5-8-1-2-9(10-8)7-3-4-12-6-7/h1-6,10H. The lowest BCUT2D eigenvalue weighted by Crippen LogP contribution is -1.77. The Morgan fingerprint density at radius 2 is 2.25 bits per heavy atom. The molecule has 0 unspecified atom stereocenters. The molecule has 3 heteroatoms. The lowest BCUT2D eigenvalue weighted by molar-refractivity contribution is 0.111. The van der Waals surface area contributed by atoms with Gasteiger partial charge in [-0.05, 0) is 23.6 Å². The Balaban J connectivity index is 2.41. The summed E-state index contributed by atoms with van der Waals surface area (Å²) in [6.07, 6.45) is 0.815. The summed E-state index contributed by atoms with van der Waals surface area (Å²) in [5.74, 6) is 0. The van der Waals surface area contributed by atoms with Crippen LogP contribution < -0.4 is 0 Å². The van der Waals surface area contributed by atoms with E-state index in [9.17, 15) is 4.79 Å². The Morgan fingerprint density at radius 1 is 1.33 bits per heavy atom. The van der Waals surface area contributed by atoms with E-state index in [1.807, 2.05) is 22.9 Å². The first-order chi connectivity index (χ1) is 5.90. The zero-order valence-corrected chi connectivity index (χ0v) is 7.10. The predicted octanol–water partition coefficient (Wildman–Crippen LogP) is 2.56. The number of H-pyrrole nitrogens is 1. The van der Waals surface area contributed by atoms with Gasteiger partial charge >= 0.3 is 0 Å². The van der Waals surface area contributed by atoms with Gasteiger partial charge in [-0.1, -0.05) is 0 Å². The Hall–Kier alpha value is -1.35. The van der Waals surface area contributed by atoms with Gasteiger partial charge in [0.15, 0.2) is 6.29 Å². The quantitative estimate of drug-likeness (QED) is 0.702. The number of rotatable bonds is 2. The van der Waals surface area contributed by atoms with Crippen molar-refractivity contribution in [2.75, 3.05) is 0 Å². The highest BCUT2D eigenvalue weighted by molar-refractivity contribution is 7.08.